The molecule has 0 aliphatic heterocycles. The van der Waals surface area contributed by atoms with Crippen LogP contribution in [0.5, 0.6) is 0 Å². The molecule has 0 fully saturated rings. The number of aliphatic hydroxyl groups is 1. The predicted molar refractivity (Wildman–Crippen MR) is 49.5 cm³/mol. The van der Waals surface area contributed by atoms with E-state index in [2.05, 4.69) is 13.8 Å². The van der Waals surface area contributed by atoms with Crippen LogP contribution in [0, 0.1) is 5.92 Å². The van der Waals surface area contributed by atoms with Gasteiger partial charge in [0, 0.05) is 12.6 Å². The Morgan fingerprint density at radius 2 is 2.00 bits per heavy atom. The Labute approximate surface area is 70.3 Å². The molecule has 0 rings (SSSR count). The zero-order valence-corrected chi connectivity index (χ0v) is 7.80. The molecule has 0 bridgehead atoms. The van der Waals surface area contributed by atoms with E-state index in [0.717, 1.165) is 12.8 Å². The highest BCUT2D eigenvalue weighted by Crippen LogP contribution is 2.07. The number of hydrogen-bond donors (Lipinski definition) is 2. The molecule has 0 heterocycles. The molecule has 10 heavy (non-hydrogen) atoms. The van der Waals surface area contributed by atoms with E-state index < -0.39 is 0 Å². The summed E-state index contributed by atoms with van der Waals surface area (Å²) < 4.78 is 0. The third kappa shape index (κ3) is 5.09. The van der Waals surface area contributed by atoms with Crippen molar-refractivity contribution in [3.63, 3.8) is 0 Å². The molecule has 0 aromatic carbocycles. The van der Waals surface area contributed by atoms with Crippen molar-refractivity contribution in [2.75, 3.05) is 6.61 Å². The van der Waals surface area contributed by atoms with Crippen LogP contribution in [0.25, 0.3) is 0 Å². The fourth-order valence-electron chi connectivity index (χ4n) is 0.736. The number of rotatable bonds is 4. The van der Waals surface area contributed by atoms with Gasteiger partial charge in [-0.2, -0.15) is 13.5 Å². The minimum atomic E-state index is 0. The molecule has 2 atom stereocenters. The Hall–Kier alpha value is 0.270. The zero-order valence-electron chi connectivity index (χ0n) is 6.80. The molecule has 1 unspecified atom stereocenters. The molecule has 0 saturated heterocycles. The van der Waals surface area contributed by atoms with Crippen molar-refractivity contribution in [2.45, 2.75) is 32.7 Å². The summed E-state index contributed by atoms with van der Waals surface area (Å²) in [6, 6.07) is 0.181. The maximum absolute atomic E-state index is 8.50. The SMILES string of the molecule is CCC(C)[C@@H](N)CCO.S. The van der Waals surface area contributed by atoms with Crippen molar-refractivity contribution in [1.82, 2.24) is 0 Å². The van der Waals surface area contributed by atoms with Crippen LogP contribution in [0.4, 0.5) is 0 Å². The summed E-state index contributed by atoms with van der Waals surface area (Å²) in [6.07, 6.45) is 1.83. The molecule has 0 aliphatic carbocycles. The van der Waals surface area contributed by atoms with Gasteiger partial charge in [-0.1, -0.05) is 20.3 Å². The lowest BCUT2D eigenvalue weighted by Crippen LogP contribution is -2.28. The van der Waals surface area contributed by atoms with Gasteiger partial charge in [-0.25, -0.2) is 0 Å². The fourth-order valence-corrected chi connectivity index (χ4v) is 0.736. The van der Waals surface area contributed by atoms with E-state index in [-0.39, 0.29) is 26.1 Å². The maximum atomic E-state index is 8.50. The van der Waals surface area contributed by atoms with Gasteiger partial charge in [0.2, 0.25) is 0 Å². The number of aliphatic hydroxyl groups excluding tert-OH is 1. The molecule has 3 heteroatoms. The molecular formula is C7H19NOS. The van der Waals surface area contributed by atoms with E-state index in [0.29, 0.717) is 5.92 Å². The van der Waals surface area contributed by atoms with E-state index in [9.17, 15) is 0 Å². The van der Waals surface area contributed by atoms with Crippen LogP contribution in [0.15, 0.2) is 0 Å². The molecule has 0 amide bonds. The first-order valence-corrected chi connectivity index (χ1v) is 3.58. The van der Waals surface area contributed by atoms with Crippen LogP contribution in [0.3, 0.4) is 0 Å². The molecule has 0 saturated carbocycles. The highest BCUT2D eigenvalue weighted by Gasteiger charge is 2.08. The van der Waals surface area contributed by atoms with E-state index in [1.807, 2.05) is 0 Å². The molecule has 0 aliphatic rings. The summed E-state index contributed by atoms with van der Waals surface area (Å²) in [7, 11) is 0. The van der Waals surface area contributed by atoms with Crippen molar-refractivity contribution in [3.05, 3.63) is 0 Å². The Kier molecular flexibility index (Phi) is 9.52. The van der Waals surface area contributed by atoms with Crippen LogP contribution < -0.4 is 5.73 Å². The minimum Gasteiger partial charge on any atom is -0.396 e. The third-order valence-electron chi connectivity index (χ3n) is 1.84. The first-order valence-electron chi connectivity index (χ1n) is 3.58. The van der Waals surface area contributed by atoms with Crippen LogP contribution in [-0.4, -0.2) is 17.8 Å². The summed E-state index contributed by atoms with van der Waals surface area (Å²) in [4.78, 5) is 0. The Morgan fingerprint density at radius 3 is 2.30 bits per heavy atom. The molecular weight excluding hydrogens is 146 g/mol. The monoisotopic (exact) mass is 165 g/mol. The lowest BCUT2D eigenvalue weighted by Gasteiger charge is -2.16. The van der Waals surface area contributed by atoms with Gasteiger partial charge < -0.3 is 10.8 Å². The van der Waals surface area contributed by atoms with Crippen LogP contribution >= 0.6 is 13.5 Å². The average Bonchev–Trinajstić information content (AvgIpc) is 1.87. The predicted octanol–water partition coefficient (Wildman–Crippen LogP) is 0.855. The average molecular weight is 165 g/mol. The van der Waals surface area contributed by atoms with Gasteiger partial charge >= 0.3 is 0 Å². The van der Waals surface area contributed by atoms with Crippen LogP contribution in [0.2, 0.25) is 0 Å². The lowest BCUT2D eigenvalue weighted by molar-refractivity contribution is 0.257. The standard InChI is InChI=1S/C7H17NO.H2S/c1-3-6(2)7(8)4-5-9;/h6-7,9H,3-5,8H2,1-2H3;1H2/t6?,7-;/m0./s1. The highest BCUT2D eigenvalue weighted by molar-refractivity contribution is 7.59. The van der Waals surface area contributed by atoms with Crippen LogP contribution in [0.1, 0.15) is 26.7 Å². The van der Waals surface area contributed by atoms with Crippen molar-refractivity contribution in [3.8, 4) is 0 Å². The summed E-state index contributed by atoms with van der Waals surface area (Å²) >= 11 is 0. The quantitative estimate of drug-likeness (QED) is 0.649. The van der Waals surface area contributed by atoms with Crippen molar-refractivity contribution in [2.24, 2.45) is 11.7 Å². The second-order valence-electron chi connectivity index (χ2n) is 2.56. The number of hydrogen-bond acceptors (Lipinski definition) is 2. The second-order valence-corrected chi connectivity index (χ2v) is 2.56. The Bertz CT molecular complexity index is 70.6. The Balaban J connectivity index is 0. The molecule has 0 aromatic rings. The molecule has 0 aromatic heterocycles. The first kappa shape index (κ1) is 12.9. The molecule has 3 N–H and O–H groups in total. The summed E-state index contributed by atoms with van der Waals surface area (Å²) in [5.41, 5.74) is 5.68. The molecule has 2 nitrogen and oxygen atoms in total. The topological polar surface area (TPSA) is 46.2 Å². The van der Waals surface area contributed by atoms with Crippen molar-refractivity contribution >= 4 is 13.5 Å². The molecule has 0 radical (unpaired) electrons. The summed E-state index contributed by atoms with van der Waals surface area (Å²) in [5.74, 6) is 0.539. The molecule has 64 valence electrons. The van der Waals surface area contributed by atoms with E-state index >= 15 is 0 Å². The molecule has 0 spiro atoms. The first-order chi connectivity index (χ1) is 4.22. The van der Waals surface area contributed by atoms with Crippen molar-refractivity contribution < 1.29 is 5.11 Å². The van der Waals surface area contributed by atoms with E-state index in [1.165, 1.54) is 0 Å². The highest BCUT2D eigenvalue weighted by atomic mass is 32.1. The van der Waals surface area contributed by atoms with Gasteiger partial charge in [0.15, 0.2) is 0 Å². The lowest BCUT2D eigenvalue weighted by atomic mass is 9.98. The number of nitrogens with two attached hydrogens (primary N) is 1. The largest absolute Gasteiger partial charge is 0.396 e. The zero-order chi connectivity index (χ0) is 7.28. The summed E-state index contributed by atoms with van der Waals surface area (Å²) in [6.45, 7) is 4.44. The van der Waals surface area contributed by atoms with Gasteiger partial charge in [-0.05, 0) is 12.3 Å². The second kappa shape index (κ2) is 7.38. The van der Waals surface area contributed by atoms with Crippen molar-refractivity contribution in [1.29, 1.82) is 0 Å². The van der Waals surface area contributed by atoms with Gasteiger partial charge in [0.25, 0.3) is 0 Å². The normalized spacial score (nSPS) is 15.6. The maximum Gasteiger partial charge on any atom is 0.0445 e. The van der Waals surface area contributed by atoms with E-state index in [1.54, 1.807) is 0 Å². The fraction of sp³-hybridized carbons (Fsp3) is 1.00. The minimum absolute atomic E-state index is 0. The Morgan fingerprint density at radius 1 is 1.50 bits per heavy atom. The van der Waals surface area contributed by atoms with Gasteiger partial charge in [-0.3, -0.25) is 0 Å². The van der Waals surface area contributed by atoms with Gasteiger partial charge in [0.1, 0.15) is 0 Å². The third-order valence-corrected chi connectivity index (χ3v) is 1.84. The smallest absolute Gasteiger partial charge is 0.0445 e. The van der Waals surface area contributed by atoms with Crippen LogP contribution in [-0.2, 0) is 0 Å². The van der Waals surface area contributed by atoms with E-state index in [4.69, 9.17) is 10.8 Å². The van der Waals surface area contributed by atoms with Gasteiger partial charge in [-0.15, -0.1) is 0 Å². The van der Waals surface area contributed by atoms with Gasteiger partial charge in [0.05, 0.1) is 0 Å². The summed E-state index contributed by atoms with van der Waals surface area (Å²) in [5, 5.41) is 8.50.